The van der Waals surface area contributed by atoms with E-state index < -0.39 is 0 Å². The number of rotatable bonds is 1. The van der Waals surface area contributed by atoms with Gasteiger partial charge < -0.3 is 22.7 Å². The van der Waals surface area contributed by atoms with Gasteiger partial charge in [0.1, 0.15) is 0 Å². The Balaban J connectivity index is 0. The van der Waals surface area contributed by atoms with Gasteiger partial charge in [-0.15, -0.1) is 0 Å². The summed E-state index contributed by atoms with van der Waals surface area (Å²) >= 11 is 3.21. The molecule has 0 atom stereocenters. The normalized spacial score (nSPS) is 7.45. The molecule has 0 saturated heterocycles. The minimum atomic E-state index is 0. The van der Waals surface area contributed by atoms with E-state index in [0.717, 1.165) is 4.47 Å². The van der Waals surface area contributed by atoms with Crippen molar-refractivity contribution in [2.24, 2.45) is 0 Å². The van der Waals surface area contributed by atoms with Crippen LogP contribution in [-0.4, -0.2) is 17.0 Å². The van der Waals surface area contributed by atoms with E-state index in [0.29, 0.717) is 5.95 Å². The Hall–Kier alpha value is 0.0483. The summed E-state index contributed by atoms with van der Waals surface area (Å²) in [6.45, 7) is 0. The van der Waals surface area contributed by atoms with Crippen molar-refractivity contribution in [1.82, 2.24) is 9.97 Å². The molecule has 1 aromatic rings. The minimum absolute atomic E-state index is 0. The van der Waals surface area contributed by atoms with Gasteiger partial charge in [0, 0.05) is 10.4 Å². The van der Waals surface area contributed by atoms with Crippen molar-refractivity contribution in [3.63, 3.8) is 0 Å². The first-order valence-electron chi connectivity index (χ1n) is 2.40. The molecule has 0 spiro atoms. The SMILES string of the molecule is C[N-]c1ncc(Br)cn1.[CH3-].[W+2]. The smallest absolute Gasteiger partial charge is 0.397 e. The molecular weight excluding hydrogens is 378 g/mol. The molecule has 0 N–H and O–H groups in total. The van der Waals surface area contributed by atoms with Crippen molar-refractivity contribution < 1.29 is 21.1 Å². The summed E-state index contributed by atoms with van der Waals surface area (Å²) < 4.78 is 0.870. The van der Waals surface area contributed by atoms with Gasteiger partial charge >= 0.3 is 21.1 Å². The van der Waals surface area contributed by atoms with Gasteiger partial charge in [0.25, 0.3) is 0 Å². The van der Waals surface area contributed by atoms with Crippen LogP contribution in [0.4, 0.5) is 5.95 Å². The molecule has 0 unspecified atom stereocenters. The van der Waals surface area contributed by atoms with Gasteiger partial charge in [-0.1, -0.05) is 15.9 Å². The molecule has 0 radical (unpaired) electrons. The van der Waals surface area contributed by atoms with Crippen LogP contribution < -0.4 is 0 Å². The van der Waals surface area contributed by atoms with E-state index in [-0.39, 0.29) is 28.5 Å². The topological polar surface area (TPSA) is 39.9 Å². The van der Waals surface area contributed by atoms with E-state index >= 15 is 0 Å². The van der Waals surface area contributed by atoms with Gasteiger partial charge in [-0.05, 0) is 19.4 Å². The fourth-order valence-electron chi connectivity index (χ4n) is 0.421. The Morgan fingerprint density at radius 2 is 1.82 bits per heavy atom. The molecule has 1 rings (SSSR count). The average Bonchev–Trinajstić information content (AvgIpc) is 1.90. The third-order valence-corrected chi connectivity index (χ3v) is 1.22. The summed E-state index contributed by atoms with van der Waals surface area (Å²) in [7, 11) is 1.66. The summed E-state index contributed by atoms with van der Waals surface area (Å²) in [6, 6.07) is 0. The molecule has 0 aliphatic carbocycles. The number of aromatic nitrogens is 2. The first kappa shape index (κ1) is 13.6. The van der Waals surface area contributed by atoms with Crippen LogP contribution >= 0.6 is 15.9 Å². The van der Waals surface area contributed by atoms with Crippen molar-refractivity contribution in [1.29, 1.82) is 0 Å². The van der Waals surface area contributed by atoms with Crippen LogP contribution in [-0.2, 0) is 21.1 Å². The molecule has 0 aliphatic rings. The molecule has 0 amide bonds. The van der Waals surface area contributed by atoms with Crippen LogP contribution in [0.2, 0.25) is 0 Å². The Kier molecular flexibility index (Phi) is 8.35. The van der Waals surface area contributed by atoms with Crippen molar-refractivity contribution in [3.8, 4) is 0 Å². The van der Waals surface area contributed by atoms with E-state index in [4.69, 9.17) is 0 Å². The van der Waals surface area contributed by atoms with E-state index in [9.17, 15) is 0 Å². The van der Waals surface area contributed by atoms with Gasteiger partial charge in [-0.3, -0.25) is 0 Å². The average molecular weight is 386 g/mol. The zero-order valence-electron chi connectivity index (χ0n) is 6.28. The fraction of sp³-hybridized carbons (Fsp3) is 0.167. The van der Waals surface area contributed by atoms with E-state index in [2.05, 4.69) is 31.2 Å². The third kappa shape index (κ3) is 4.48. The van der Waals surface area contributed by atoms with Gasteiger partial charge in [0.05, 0.1) is 0 Å². The first-order chi connectivity index (χ1) is 4.33. The molecule has 0 bridgehead atoms. The summed E-state index contributed by atoms with van der Waals surface area (Å²) in [4.78, 5) is 7.74. The second-order valence-electron chi connectivity index (χ2n) is 1.42. The van der Waals surface area contributed by atoms with Crippen molar-refractivity contribution in [2.75, 3.05) is 7.05 Å². The molecule has 1 aromatic heterocycles. The first-order valence-corrected chi connectivity index (χ1v) is 3.19. The molecule has 0 fully saturated rings. The van der Waals surface area contributed by atoms with Crippen molar-refractivity contribution >= 4 is 21.9 Å². The molecule has 0 aliphatic heterocycles. The maximum Gasteiger partial charge on any atom is 2.00 e. The van der Waals surface area contributed by atoms with Crippen LogP contribution in [0.5, 0.6) is 0 Å². The molecule has 1 heterocycles. The van der Waals surface area contributed by atoms with Crippen LogP contribution in [0, 0.1) is 7.43 Å². The fourth-order valence-corrected chi connectivity index (χ4v) is 0.626. The van der Waals surface area contributed by atoms with Crippen molar-refractivity contribution in [2.45, 2.75) is 0 Å². The molecule has 0 aromatic carbocycles. The summed E-state index contributed by atoms with van der Waals surface area (Å²) in [5, 5.41) is 3.77. The third-order valence-electron chi connectivity index (χ3n) is 0.807. The quantitative estimate of drug-likeness (QED) is 0.696. The minimum Gasteiger partial charge on any atom is -0.397 e. The van der Waals surface area contributed by atoms with Crippen LogP contribution in [0.3, 0.4) is 0 Å². The number of nitrogens with zero attached hydrogens (tertiary/aromatic N) is 3. The maximum atomic E-state index is 3.87. The Labute approximate surface area is 89.4 Å². The second-order valence-corrected chi connectivity index (χ2v) is 2.34. The Bertz CT molecular complexity index is 190. The number of hydrogen-bond acceptors (Lipinski definition) is 2. The summed E-state index contributed by atoms with van der Waals surface area (Å²) in [5.74, 6) is 0.512. The number of halogens is 1. The maximum absolute atomic E-state index is 3.87. The van der Waals surface area contributed by atoms with Gasteiger partial charge in [0.2, 0.25) is 0 Å². The zero-order valence-corrected chi connectivity index (χ0v) is 10.8. The summed E-state index contributed by atoms with van der Waals surface area (Å²) in [5.41, 5.74) is 0. The van der Waals surface area contributed by atoms with Crippen molar-refractivity contribution in [3.05, 3.63) is 29.6 Å². The number of hydrogen-bond donors (Lipinski definition) is 0. The van der Waals surface area contributed by atoms with Gasteiger partial charge in [0.15, 0.2) is 0 Å². The molecule has 60 valence electrons. The monoisotopic (exact) mass is 385 g/mol. The molecule has 3 nitrogen and oxygen atoms in total. The molecule has 0 saturated carbocycles. The largest absolute Gasteiger partial charge is 2.00 e. The Morgan fingerprint density at radius 3 is 2.18 bits per heavy atom. The predicted molar refractivity (Wildman–Crippen MR) is 45.1 cm³/mol. The van der Waals surface area contributed by atoms with E-state index in [1.165, 1.54) is 0 Å². The predicted octanol–water partition coefficient (Wildman–Crippen LogP) is 2.32. The molecule has 11 heavy (non-hydrogen) atoms. The molecular formula is C6H8BrN3W. The van der Waals surface area contributed by atoms with Crippen LogP contribution in [0.25, 0.3) is 5.32 Å². The Morgan fingerprint density at radius 1 is 1.36 bits per heavy atom. The standard InChI is InChI=1S/C5H5BrN3.CH3.W/c1-7-5-8-2-4(6)3-9-5;;/h2-3H,1H3;1H3;/q2*-1;+2. The van der Waals surface area contributed by atoms with Crippen LogP contribution in [0.15, 0.2) is 16.9 Å². The summed E-state index contributed by atoms with van der Waals surface area (Å²) in [6.07, 6.45) is 3.32. The van der Waals surface area contributed by atoms with Crippen LogP contribution in [0.1, 0.15) is 0 Å². The second kappa shape index (κ2) is 6.74. The zero-order chi connectivity index (χ0) is 6.69. The van der Waals surface area contributed by atoms with E-state index in [1.807, 2.05) is 0 Å². The van der Waals surface area contributed by atoms with Gasteiger partial charge in [-0.25, -0.2) is 0 Å². The van der Waals surface area contributed by atoms with E-state index in [1.54, 1.807) is 19.4 Å². The van der Waals surface area contributed by atoms with Gasteiger partial charge in [-0.2, -0.15) is 0 Å². The molecule has 5 heteroatoms.